The quantitative estimate of drug-likeness (QED) is 0.749. The van der Waals surface area contributed by atoms with Gasteiger partial charge in [-0.25, -0.2) is 0 Å². The fourth-order valence-corrected chi connectivity index (χ4v) is 3.39. The predicted octanol–water partition coefficient (Wildman–Crippen LogP) is 2.57. The third kappa shape index (κ3) is 5.08. The van der Waals surface area contributed by atoms with E-state index in [0.29, 0.717) is 45.3 Å². The summed E-state index contributed by atoms with van der Waals surface area (Å²) in [4.78, 5) is 38.0. The Kier molecular flexibility index (Phi) is 6.63. The third-order valence-corrected chi connectivity index (χ3v) is 5.24. The maximum atomic E-state index is 12.4. The number of hydrogen-bond acceptors (Lipinski definition) is 3. The first-order valence-corrected chi connectivity index (χ1v) is 9.52. The first kappa shape index (κ1) is 20.9. The van der Waals surface area contributed by atoms with Gasteiger partial charge in [0.1, 0.15) is 0 Å². The van der Waals surface area contributed by atoms with Gasteiger partial charge in [-0.2, -0.15) is 0 Å². The summed E-state index contributed by atoms with van der Waals surface area (Å²) in [5.41, 5.74) is -0.554. The van der Waals surface area contributed by atoms with Gasteiger partial charge < -0.3 is 15.3 Å². The van der Waals surface area contributed by atoms with E-state index in [2.05, 4.69) is 5.32 Å². The Labute approximate surface area is 160 Å². The number of carbonyl (C=O) groups is 3. The minimum absolute atomic E-state index is 0.0204. The van der Waals surface area contributed by atoms with Crippen molar-refractivity contribution in [3.05, 3.63) is 35.9 Å². The third-order valence-electron chi connectivity index (χ3n) is 5.24. The van der Waals surface area contributed by atoms with Crippen LogP contribution in [-0.4, -0.2) is 47.4 Å². The van der Waals surface area contributed by atoms with Crippen molar-refractivity contribution in [2.75, 3.05) is 19.6 Å². The van der Waals surface area contributed by atoms with Gasteiger partial charge in [0.2, 0.25) is 11.8 Å². The first-order chi connectivity index (χ1) is 12.7. The molecule has 0 unspecified atom stereocenters. The molecular weight excluding hydrogens is 344 g/mol. The van der Waals surface area contributed by atoms with Crippen LogP contribution in [0.3, 0.4) is 0 Å². The van der Waals surface area contributed by atoms with Crippen LogP contribution >= 0.6 is 0 Å². The summed E-state index contributed by atoms with van der Waals surface area (Å²) in [7, 11) is 0. The second-order valence-electron chi connectivity index (χ2n) is 8.24. The van der Waals surface area contributed by atoms with Crippen molar-refractivity contribution in [1.82, 2.24) is 10.2 Å². The van der Waals surface area contributed by atoms with Crippen LogP contribution < -0.4 is 5.32 Å². The monoisotopic (exact) mass is 374 g/mol. The fourth-order valence-electron chi connectivity index (χ4n) is 3.39. The molecule has 0 aliphatic carbocycles. The maximum absolute atomic E-state index is 12.4. The number of amides is 2. The zero-order chi connectivity index (χ0) is 20.1. The fraction of sp³-hybridized carbons (Fsp3) is 0.571. The van der Waals surface area contributed by atoms with Crippen LogP contribution in [0.4, 0.5) is 0 Å². The maximum Gasteiger partial charge on any atom is 0.314 e. The summed E-state index contributed by atoms with van der Waals surface area (Å²) in [6.07, 6.45) is 1.77. The lowest BCUT2D eigenvalue weighted by atomic mass is 9.73. The molecule has 2 N–H and O–H groups in total. The molecule has 1 heterocycles. The largest absolute Gasteiger partial charge is 0.481 e. The van der Waals surface area contributed by atoms with Crippen LogP contribution in [0.1, 0.15) is 52.0 Å². The Morgan fingerprint density at radius 2 is 1.70 bits per heavy atom. The average molecular weight is 374 g/mol. The van der Waals surface area contributed by atoms with E-state index < -0.39 is 16.8 Å². The van der Waals surface area contributed by atoms with Crippen LogP contribution in [0.15, 0.2) is 30.3 Å². The van der Waals surface area contributed by atoms with Crippen molar-refractivity contribution in [2.24, 2.45) is 5.41 Å². The van der Waals surface area contributed by atoms with E-state index in [-0.39, 0.29) is 11.8 Å². The minimum atomic E-state index is -0.918. The van der Waals surface area contributed by atoms with Gasteiger partial charge in [0.25, 0.3) is 0 Å². The van der Waals surface area contributed by atoms with Gasteiger partial charge in [0.05, 0.1) is 5.41 Å². The molecule has 1 fully saturated rings. The van der Waals surface area contributed by atoms with Gasteiger partial charge in [0, 0.05) is 31.5 Å². The zero-order valence-corrected chi connectivity index (χ0v) is 16.5. The van der Waals surface area contributed by atoms with E-state index in [0.717, 1.165) is 5.56 Å². The number of piperidine rings is 1. The van der Waals surface area contributed by atoms with E-state index in [1.54, 1.807) is 4.90 Å². The van der Waals surface area contributed by atoms with Crippen molar-refractivity contribution < 1.29 is 19.5 Å². The highest BCUT2D eigenvalue weighted by Gasteiger charge is 2.43. The first-order valence-electron chi connectivity index (χ1n) is 9.52. The second kappa shape index (κ2) is 8.55. The van der Waals surface area contributed by atoms with E-state index in [4.69, 9.17) is 0 Å². The van der Waals surface area contributed by atoms with Crippen LogP contribution in [0, 0.1) is 5.41 Å². The molecule has 6 nitrogen and oxygen atoms in total. The molecule has 0 bridgehead atoms. The molecule has 6 heteroatoms. The highest BCUT2D eigenvalue weighted by atomic mass is 16.4. The Morgan fingerprint density at radius 3 is 2.22 bits per heavy atom. The topological polar surface area (TPSA) is 86.7 Å². The Morgan fingerprint density at radius 1 is 1.11 bits per heavy atom. The average Bonchev–Trinajstić information content (AvgIpc) is 2.64. The molecule has 2 rings (SSSR count). The molecule has 0 atom stereocenters. The number of carboxylic acid groups (broad SMARTS) is 1. The summed E-state index contributed by atoms with van der Waals surface area (Å²) < 4.78 is 0. The second-order valence-corrected chi connectivity index (χ2v) is 8.24. The molecule has 2 amide bonds. The van der Waals surface area contributed by atoms with Gasteiger partial charge in [0.15, 0.2) is 0 Å². The molecular formula is C21H30N2O4. The van der Waals surface area contributed by atoms with E-state index in [1.807, 2.05) is 51.1 Å². The Hall–Kier alpha value is -2.37. The molecule has 0 aromatic heterocycles. The number of benzene rings is 1. The molecule has 0 radical (unpaired) electrons. The highest BCUT2D eigenvalue weighted by molar-refractivity contribution is 5.83. The molecule has 1 aromatic carbocycles. The molecule has 148 valence electrons. The van der Waals surface area contributed by atoms with Crippen molar-refractivity contribution in [3.8, 4) is 0 Å². The summed E-state index contributed by atoms with van der Waals surface area (Å²) in [6.45, 7) is 6.90. The minimum Gasteiger partial charge on any atom is -0.481 e. The lowest BCUT2D eigenvalue weighted by molar-refractivity contribution is -0.148. The predicted molar refractivity (Wildman–Crippen MR) is 103 cm³/mol. The van der Waals surface area contributed by atoms with Gasteiger partial charge >= 0.3 is 5.97 Å². The van der Waals surface area contributed by atoms with Crippen LogP contribution in [0.2, 0.25) is 0 Å². The standard InChI is InChI=1S/C21H30N2O4/c1-20(2,3)18(25)22-13-7-10-17(24)23-14-11-21(12-15-23,19(26)27)16-8-5-4-6-9-16/h4-6,8-9H,7,10-15H2,1-3H3,(H,22,25)(H,26,27). The number of likely N-dealkylation sites (tertiary alicyclic amines) is 1. The van der Waals surface area contributed by atoms with Crippen molar-refractivity contribution in [3.63, 3.8) is 0 Å². The van der Waals surface area contributed by atoms with Crippen LogP contribution in [-0.2, 0) is 19.8 Å². The van der Waals surface area contributed by atoms with Gasteiger partial charge in [-0.1, -0.05) is 51.1 Å². The summed E-state index contributed by atoms with van der Waals surface area (Å²) in [5, 5.41) is 12.7. The number of rotatable bonds is 6. The summed E-state index contributed by atoms with van der Waals surface area (Å²) >= 11 is 0. The van der Waals surface area contributed by atoms with E-state index >= 15 is 0 Å². The Bertz CT molecular complexity index is 671. The molecule has 1 aromatic rings. The number of nitrogens with zero attached hydrogens (tertiary/aromatic N) is 1. The van der Waals surface area contributed by atoms with Gasteiger partial charge in [-0.15, -0.1) is 0 Å². The van der Waals surface area contributed by atoms with Gasteiger partial charge in [-0.05, 0) is 24.8 Å². The number of carbonyl (C=O) groups excluding carboxylic acids is 2. The van der Waals surface area contributed by atoms with Crippen LogP contribution in [0.25, 0.3) is 0 Å². The molecule has 0 spiro atoms. The molecule has 1 saturated heterocycles. The highest BCUT2D eigenvalue weighted by Crippen LogP contribution is 2.36. The normalized spacial score (nSPS) is 16.6. The molecule has 27 heavy (non-hydrogen) atoms. The zero-order valence-electron chi connectivity index (χ0n) is 16.5. The summed E-state index contributed by atoms with van der Waals surface area (Å²) in [6, 6.07) is 9.27. The molecule has 1 aliphatic rings. The van der Waals surface area contributed by atoms with Crippen molar-refractivity contribution in [2.45, 2.75) is 51.9 Å². The van der Waals surface area contributed by atoms with E-state index in [1.165, 1.54) is 0 Å². The van der Waals surface area contributed by atoms with Gasteiger partial charge in [-0.3, -0.25) is 14.4 Å². The number of carboxylic acids is 1. The number of hydrogen-bond donors (Lipinski definition) is 2. The van der Waals surface area contributed by atoms with Crippen molar-refractivity contribution >= 4 is 17.8 Å². The van der Waals surface area contributed by atoms with E-state index in [9.17, 15) is 19.5 Å². The molecule has 1 aliphatic heterocycles. The smallest absolute Gasteiger partial charge is 0.314 e. The number of aliphatic carboxylic acids is 1. The number of nitrogens with one attached hydrogen (secondary N) is 1. The SMILES string of the molecule is CC(C)(C)C(=O)NCCCC(=O)N1CCC(C(=O)O)(c2ccccc2)CC1. The molecule has 0 saturated carbocycles. The van der Waals surface area contributed by atoms with Crippen molar-refractivity contribution in [1.29, 1.82) is 0 Å². The lowest BCUT2D eigenvalue weighted by Crippen LogP contribution is -2.49. The summed E-state index contributed by atoms with van der Waals surface area (Å²) in [5.74, 6) is -0.834. The lowest BCUT2D eigenvalue weighted by Gasteiger charge is -2.39. The van der Waals surface area contributed by atoms with Crippen LogP contribution in [0.5, 0.6) is 0 Å². The Balaban J connectivity index is 1.85.